The quantitative estimate of drug-likeness (QED) is 0.753. The number of rotatable bonds is 2. The molecule has 3 N–H and O–H groups in total. The second-order valence-electron chi connectivity index (χ2n) is 6.79. The summed E-state index contributed by atoms with van der Waals surface area (Å²) in [5.74, 6) is -3.47. The lowest BCUT2D eigenvalue weighted by atomic mass is 9.85. The summed E-state index contributed by atoms with van der Waals surface area (Å²) < 4.78 is 34.2. The highest BCUT2D eigenvalue weighted by atomic mass is 35.5. The van der Waals surface area contributed by atoms with E-state index >= 15 is 0 Å². The van der Waals surface area contributed by atoms with E-state index in [4.69, 9.17) is 16.3 Å². The van der Waals surface area contributed by atoms with Gasteiger partial charge in [-0.05, 0) is 39.0 Å². The number of benzene rings is 1. The summed E-state index contributed by atoms with van der Waals surface area (Å²) in [7, 11) is 0. The van der Waals surface area contributed by atoms with E-state index in [1.165, 1.54) is 12.1 Å². The smallest absolute Gasteiger partial charge is 0.407 e. The second kappa shape index (κ2) is 6.37. The molecule has 1 heterocycles. The molecule has 0 spiro atoms. The van der Waals surface area contributed by atoms with Crippen molar-refractivity contribution >= 4 is 23.4 Å². The topological polar surface area (TPSA) is 70.6 Å². The number of hydrogen-bond acceptors (Lipinski definition) is 4. The number of alkyl carbamates (subject to hydrolysis) is 1. The summed E-state index contributed by atoms with van der Waals surface area (Å²) in [6.07, 6.45) is -1.47. The van der Waals surface area contributed by atoms with Crippen LogP contribution in [0.5, 0.6) is 0 Å². The van der Waals surface area contributed by atoms with E-state index in [9.17, 15) is 18.7 Å². The zero-order valence-electron chi connectivity index (χ0n) is 13.8. The van der Waals surface area contributed by atoms with Crippen molar-refractivity contribution in [1.82, 2.24) is 5.32 Å². The zero-order valence-corrected chi connectivity index (χ0v) is 14.5. The van der Waals surface area contributed by atoms with Crippen molar-refractivity contribution in [2.45, 2.75) is 44.3 Å². The van der Waals surface area contributed by atoms with Gasteiger partial charge in [-0.25, -0.2) is 13.6 Å². The van der Waals surface area contributed by atoms with Gasteiger partial charge in [-0.3, -0.25) is 0 Å². The van der Waals surface area contributed by atoms with Crippen LogP contribution in [0.2, 0.25) is 5.02 Å². The van der Waals surface area contributed by atoms with E-state index in [2.05, 4.69) is 10.6 Å². The van der Waals surface area contributed by atoms with Gasteiger partial charge in [0.05, 0.1) is 6.54 Å². The molecule has 1 aliphatic rings. The van der Waals surface area contributed by atoms with Gasteiger partial charge in [0.25, 0.3) is 5.92 Å². The molecular weight excluding hydrogens is 342 g/mol. The summed E-state index contributed by atoms with van der Waals surface area (Å²) in [5, 5.41) is 16.1. The number of nitrogens with one attached hydrogen (secondary N) is 2. The van der Waals surface area contributed by atoms with Crippen LogP contribution in [0.15, 0.2) is 18.2 Å². The Morgan fingerprint density at radius 2 is 2.12 bits per heavy atom. The molecule has 0 radical (unpaired) electrons. The molecule has 1 aliphatic heterocycles. The molecule has 24 heavy (non-hydrogen) atoms. The molecule has 1 atom stereocenters. The zero-order chi connectivity index (χ0) is 18.2. The SMILES string of the molecule is CC(C)(C)OC(=O)NCC1(O)c2cc(Cl)ccc2NCCC1(F)F. The summed E-state index contributed by atoms with van der Waals surface area (Å²) >= 11 is 5.90. The number of halogens is 3. The Labute approximate surface area is 144 Å². The third-order valence-electron chi connectivity index (χ3n) is 3.67. The molecular formula is C16H21ClF2N2O3. The van der Waals surface area contributed by atoms with Crippen molar-refractivity contribution in [3.63, 3.8) is 0 Å². The van der Waals surface area contributed by atoms with Crippen LogP contribution in [0, 0.1) is 0 Å². The Morgan fingerprint density at radius 1 is 1.46 bits per heavy atom. The number of ether oxygens (including phenoxy) is 1. The predicted molar refractivity (Wildman–Crippen MR) is 87.6 cm³/mol. The molecule has 0 aliphatic carbocycles. The summed E-state index contributed by atoms with van der Waals surface area (Å²) in [6, 6.07) is 4.34. The first-order chi connectivity index (χ1) is 10.9. The molecule has 0 saturated carbocycles. The van der Waals surface area contributed by atoms with E-state index < -0.39 is 36.2 Å². The minimum Gasteiger partial charge on any atom is -0.444 e. The molecule has 0 saturated heterocycles. The number of aliphatic hydroxyl groups is 1. The lowest BCUT2D eigenvalue weighted by Gasteiger charge is -2.35. The van der Waals surface area contributed by atoms with Crippen LogP contribution < -0.4 is 10.6 Å². The third kappa shape index (κ3) is 3.89. The standard InChI is InChI=1S/C16H21ClF2N2O3/c1-14(2,3)24-13(22)21-9-15(23)11-8-10(17)4-5-12(11)20-7-6-16(15,18)19/h4-5,8,20,23H,6-7,9H2,1-3H3,(H,21,22). The van der Waals surface area contributed by atoms with Crippen LogP contribution in [0.1, 0.15) is 32.8 Å². The van der Waals surface area contributed by atoms with E-state index in [1.54, 1.807) is 26.8 Å². The fourth-order valence-electron chi connectivity index (χ4n) is 2.51. The number of carbonyl (C=O) groups excluding carboxylic acids is 1. The Bertz CT molecular complexity index is 634. The minimum atomic E-state index is -3.47. The summed E-state index contributed by atoms with van der Waals surface area (Å²) in [4.78, 5) is 11.8. The molecule has 8 heteroatoms. The van der Waals surface area contributed by atoms with Crippen molar-refractivity contribution in [3.05, 3.63) is 28.8 Å². The minimum absolute atomic E-state index is 0.0175. The van der Waals surface area contributed by atoms with Gasteiger partial charge in [-0.2, -0.15) is 0 Å². The third-order valence-corrected chi connectivity index (χ3v) is 3.91. The van der Waals surface area contributed by atoms with Gasteiger partial charge in [0.2, 0.25) is 0 Å². The van der Waals surface area contributed by atoms with Crippen LogP contribution in [-0.2, 0) is 10.3 Å². The average molecular weight is 363 g/mol. The average Bonchev–Trinajstić information content (AvgIpc) is 2.52. The molecule has 0 bridgehead atoms. The van der Waals surface area contributed by atoms with Crippen molar-refractivity contribution in [2.24, 2.45) is 0 Å². The van der Waals surface area contributed by atoms with Crippen LogP contribution in [0.25, 0.3) is 0 Å². The molecule has 2 rings (SSSR count). The first kappa shape index (κ1) is 18.7. The van der Waals surface area contributed by atoms with Gasteiger partial charge in [-0.1, -0.05) is 11.6 Å². The molecule has 1 unspecified atom stereocenters. The van der Waals surface area contributed by atoms with Crippen LogP contribution in [0.4, 0.5) is 19.3 Å². The van der Waals surface area contributed by atoms with Crippen molar-refractivity contribution < 1.29 is 23.4 Å². The number of carbonyl (C=O) groups is 1. The van der Waals surface area contributed by atoms with Gasteiger partial charge < -0.3 is 20.5 Å². The maximum atomic E-state index is 14.6. The monoisotopic (exact) mass is 362 g/mol. The fourth-order valence-corrected chi connectivity index (χ4v) is 2.68. The molecule has 1 aromatic carbocycles. The molecule has 5 nitrogen and oxygen atoms in total. The Hall–Kier alpha value is -1.60. The predicted octanol–water partition coefficient (Wildman–Crippen LogP) is 3.50. The highest BCUT2D eigenvalue weighted by molar-refractivity contribution is 6.30. The molecule has 0 aromatic heterocycles. The van der Waals surface area contributed by atoms with Crippen molar-refractivity contribution in [1.29, 1.82) is 0 Å². The summed E-state index contributed by atoms with van der Waals surface area (Å²) in [6.45, 7) is 4.24. The van der Waals surface area contributed by atoms with Crippen molar-refractivity contribution in [3.8, 4) is 0 Å². The molecule has 1 aromatic rings. The number of amides is 1. The fraction of sp³-hybridized carbons (Fsp3) is 0.562. The lowest BCUT2D eigenvalue weighted by Crippen LogP contribution is -2.53. The number of hydrogen-bond donors (Lipinski definition) is 3. The van der Waals surface area contributed by atoms with Gasteiger partial charge in [0, 0.05) is 29.2 Å². The number of alkyl halides is 2. The molecule has 134 valence electrons. The largest absolute Gasteiger partial charge is 0.444 e. The lowest BCUT2D eigenvalue weighted by molar-refractivity contribution is -0.185. The highest BCUT2D eigenvalue weighted by Gasteiger charge is 2.55. The van der Waals surface area contributed by atoms with E-state index in [0.717, 1.165) is 0 Å². The van der Waals surface area contributed by atoms with Gasteiger partial charge in [-0.15, -0.1) is 0 Å². The molecule has 1 amide bonds. The number of fused-ring (bicyclic) bond motifs is 1. The Morgan fingerprint density at radius 3 is 2.75 bits per heavy atom. The maximum absolute atomic E-state index is 14.6. The van der Waals surface area contributed by atoms with Crippen LogP contribution in [0.3, 0.4) is 0 Å². The second-order valence-corrected chi connectivity index (χ2v) is 7.22. The number of anilines is 1. The first-order valence-corrected chi connectivity index (χ1v) is 7.93. The van der Waals surface area contributed by atoms with Crippen LogP contribution in [-0.4, -0.2) is 35.8 Å². The first-order valence-electron chi connectivity index (χ1n) is 7.56. The van der Waals surface area contributed by atoms with Crippen molar-refractivity contribution in [2.75, 3.05) is 18.4 Å². The van der Waals surface area contributed by atoms with Gasteiger partial charge >= 0.3 is 6.09 Å². The summed E-state index contributed by atoms with van der Waals surface area (Å²) in [5.41, 5.74) is -3.09. The maximum Gasteiger partial charge on any atom is 0.407 e. The Balaban J connectivity index is 2.32. The van der Waals surface area contributed by atoms with E-state index in [0.29, 0.717) is 5.69 Å². The van der Waals surface area contributed by atoms with Gasteiger partial charge in [0.1, 0.15) is 5.60 Å². The van der Waals surface area contributed by atoms with Gasteiger partial charge in [0.15, 0.2) is 5.60 Å². The van der Waals surface area contributed by atoms with E-state index in [-0.39, 0.29) is 17.1 Å². The highest BCUT2D eigenvalue weighted by Crippen LogP contribution is 2.45. The Kier molecular flexibility index (Phi) is 4.97. The molecule has 0 fully saturated rings. The van der Waals surface area contributed by atoms with E-state index in [1.807, 2.05) is 0 Å². The van der Waals surface area contributed by atoms with Crippen LogP contribution >= 0.6 is 11.6 Å². The normalized spacial score (nSPS) is 22.8.